The number of piperidine rings is 1. The zero-order valence-corrected chi connectivity index (χ0v) is 15.8. The van der Waals surface area contributed by atoms with E-state index in [-0.39, 0.29) is 5.41 Å². The summed E-state index contributed by atoms with van der Waals surface area (Å²) in [6.45, 7) is 7.69. The molecule has 0 bridgehead atoms. The molecule has 1 aromatic carbocycles. The van der Waals surface area contributed by atoms with Crippen LogP contribution in [0.15, 0.2) is 18.2 Å². The van der Waals surface area contributed by atoms with Crippen LogP contribution in [0, 0.1) is 0 Å². The van der Waals surface area contributed by atoms with Crippen LogP contribution in [0.25, 0.3) is 11.0 Å². The van der Waals surface area contributed by atoms with Crippen LogP contribution in [-0.2, 0) is 10.2 Å². The fourth-order valence-corrected chi connectivity index (χ4v) is 3.56. The number of carbonyl (C=O) groups excluding carboxylic acids is 1. The molecule has 1 fully saturated rings. The van der Waals surface area contributed by atoms with Crippen molar-refractivity contribution in [2.45, 2.75) is 51.6 Å². The van der Waals surface area contributed by atoms with Crippen molar-refractivity contribution in [1.82, 2.24) is 14.5 Å². The van der Waals surface area contributed by atoms with Gasteiger partial charge in [0.05, 0.1) is 24.3 Å². The number of amides is 1. The molecule has 1 aliphatic rings. The van der Waals surface area contributed by atoms with Gasteiger partial charge in [0, 0.05) is 11.1 Å². The number of nitrogens with zero attached hydrogens (tertiary/aromatic N) is 3. The molecular weight excluding hydrogens is 316 g/mol. The van der Waals surface area contributed by atoms with Gasteiger partial charge in [0.15, 0.2) is 0 Å². The summed E-state index contributed by atoms with van der Waals surface area (Å²) >= 11 is 0. The van der Waals surface area contributed by atoms with Crippen LogP contribution in [0.1, 0.15) is 52.0 Å². The minimum atomic E-state index is -0.471. The van der Waals surface area contributed by atoms with E-state index < -0.39 is 6.09 Å². The number of methoxy groups -OCH3 is 1. The van der Waals surface area contributed by atoms with Crippen LogP contribution in [0.5, 0.6) is 0 Å². The summed E-state index contributed by atoms with van der Waals surface area (Å²) in [5.74, 6) is 1.08. The van der Waals surface area contributed by atoms with Crippen molar-refractivity contribution in [3.05, 3.63) is 24.0 Å². The van der Waals surface area contributed by atoms with Crippen LogP contribution in [0.3, 0.4) is 0 Å². The third kappa shape index (κ3) is 3.49. The van der Waals surface area contributed by atoms with Crippen LogP contribution in [0.4, 0.5) is 10.5 Å². The number of nitrogens with one attached hydrogen (secondary N) is 1. The molecule has 3 rings (SSSR count). The first-order valence-corrected chi connectivity index (χ1v) is 8.89. The lowest BCUT2D eigenvalue weighted by Crippen LogP contribution is -2.36. The number of rotatable bonds is 2. The predicted octanol–water partition coefficient (Wildman–Crippen LogP) is 4.13. The Hall–Kier alpha value is -2.08. The number of hydrogen-bond acceptors (Lipinski definition) is 4. The van der Waals surface area contributed by atoms with E-state index >= 15 is 0 Å². The fraction of sp³-hybridized carbons (Fsp3) is 0.579. The Morgan fingerprint density at radius 1 is 1.32 bits per heavy atom. The molecule has 1 atom stereocenters. The van der Waals surface area contributed by atoms with Gasteiger partial charge in [-0.25, -0.2) is 9.78 Å². The Morgan fingerprint density at radius 3 is 2.72 bits per heavy atom. The summed E-state index contributed by atoms with van der Waals surface area (Å²) in [6, 6.07) is 5.87. The van der Waals surface area contributed by atoms with E-state index in [2.05, 4.69) is 47.3 Å². The number of imidazole rings is 1. The van der Waals surface area contributed by atoms with Crippen LogP contribution in [0.2, 0.25) is 0 Å². The zero-order valence-electron chi connectivity index (χ0n) is 15.8. The molecule has 2 aromatic rings. The van der Waals surface area contributed by atoms with E-state index in [0.29, 0.717) is 11.9 Å². The minimum absolute atomic E-state index is 0.0623. The number of aromatic nitrogens is 2. The third-order valence-electron chi connectivity index (χ3n) is 4.82. The second kappa shape index (κ2) is 6.67. The van der Waals surface area contributed by atoms with Crippen molar-refractivity contribution in [2.75, 3.05) is 26.0 Å². The molecular formula is C19H28N4O2. The van der Waals surface area contributed by atoms with Gasteiger partial charge in [-0.2, -0.15) is 0 Å². The van der Waals surface area contributed by atoms with Gasteiger partial charge in [0.1, 0.15) is 5.82 Å². The second-order valence-corrected chi connectivity index (χ2v) is 7.83. The van der Waals surface area contributed by atoms with Gasteiger partial charge in [-0.15, -0.1) is 0 Å². The summed E-state index contributed by atoms with van der Waals surface area (Å²) < 4.78 is 7.06. The van der Waals surface area contributed by atoms with Crippen molar-refractivity contribution in [3.63, 3.8) is 0 Å². The maximum Gasteiger partial charge on any atom is 0.411 e. The molecule has 1 aromatic heterocycles. The highest BCUT2D eigenvalue weighted by Gasteiger charge is 2.30. The van der Waals surface area contributed by atoms with Gasteiger partial charge in [-0.3, -0.25) is 10.2 Å². The Bertz CT molecular complexity index is 776. The maximum atomic E-state index is 11.5. The highest BCUT2D eigenvalue weighted by atomic mass is 16.5. The van der Waals surface area contributed by atoms with E-state index in [1.165, 1.54) is 20.0 Å². The van der Waals surface area contributed by atoms with Crippen molar-refractivity contribution < 1.29 is 9.53 Å². The van der Waals surface area contributed by atoms with Gasteiger partial charge in [-0.05, 0) is 51.1 Å². The molecule has 0 saturated carbocycles. The molecule has 1 N–H and O–H groups in total. The number of likely N-dealkylation sites (tertiary alicyclic amines) is 1. The SMILES string of the molecule is COC(=O)Nc1ccc2c(c1)nc(C(C)(C)C)n2C1CCCCN1C. The van der Waals surface area contributed by atoms with Gasteiger partial charge < -0.3 is 9.30 Å². The number of hydrogen-bond donors (Lipinski definition) is 1. The Labute approximate surface area is 149 Å². The van der Waals surface area contributed by atoms with E-state index in [1.807, 2.05) is 18.2 Å². The summed E-state index contributed by atoms with van der Waals surface area (Å²) in [6.07, 6.45) is 3.47. The first-order chi connectivity index (χ1) is 11.8. The van der Waals surface area contributed by atoms with E-state index in [4.69, 9.17) is 4.98 Å². The minimum Gasteiger partial charge on any atom is -0.453 e. The molecule has 0 aliphatic carbocycles. The van der Waals surface area contributed by atoms with E-state index in [0.717, 1.165) is 29.8 Å². The van der Waals surface area contributed by atoms with Gasteiger partial charge in [0.25, 0.3) is 0 Å². The first kappa shape index (κ1) is 17.7. The summed E-state index contributed by atoms with van der Waals surface area (Å²) in [5.41, 5.74) is 2.64. The first-order valence-electron chi connectivity index (χ1n) is 8.89. The average molecular weight is 344 g/mol. The number of ether oxygens (including phenoxy) is 1. The van der Waals surface area contributed by atoms with Crippen molar-refractivity contribution in [3.8, 4) is 0 Å². The quantitative estimate of drug-likeness (QED) is 0.890. The standard InChI is InChI=1S/C19H28N4O2/c1-19(2,3)17-21-14-12-13(20-18(24)25-5)9-10-15(14)23(17)16-8-6-7-11-22(16)4/h9-10,12,16H,6-8,11H2,1-5H3,(H,20,24). The average Bonchev–Trinajstić information content (AvgIpc) is 2.94. The number of fused-ring (bicyclic) bond motifs is 1. The van der Waals surface area contributed by atoms with Gasteiger partial charge in [-0.1, -0.05) is 20.8 Å². The molecule has 1 aliphatic heterocycles. The Balaban J connectivity index is 2.11. The molecule has 0 spiro atoms. The summed E-state index contributed by atoms with van der Waals surface area (Å²) in [4.78, 5) is 18.8. The molecule has 6 heteroatoms. The number of anilines is 1. The van der Waals surface area contributed by atoms with E-state index in [1.54, 1.807) is 0 Å². The van der Waals surface area contributed by atoms with Crippen molar-refractivity contribution >= 4 is 22.8 Å². The summed E-state index contributed by atoms with van der Waals surface area (Å²) in [5, 5.41) is 2.72. The van der Waals surface area contributed by atoms with Crippen molar-refractivity contribution in [1.29, 1.82) is 0 Å². The number of benzene rings is 1. The summed E-state index contributed by atoms with van der Waals surface area (Å²) in [7, 11) is 3.55. The van der Waals surface area contributed by atoms with Crippen LogP contribution >= 0.6 is 0 Å². The predicted molar refractivity (Wildman–Crippen MR) is 100.0 cm³/mol. The fourth-order valence-electron chi connectivity index (χ4n) is 3.56. The molecule has 1 saturated heterocycles. The molecule has 1 amide bonds. The smallest absolute Gasteiger partial charge is 0.411 e. The molecule has 0 radical (unpaired) electrons. The molecule has 2 heterocycles. The highest BCUT2D eigenvalue weighted by Crippen LogP contribution is 2.35. The molecule has 25 heavy (non-hydrogen) atoms. The topological polar surface area (TPSA) is 59.4 Å². The molecule has 1 unspecified atom stereocenters. The number of carbonyl (C=O) groups is 1. The maximum absolute atomic E-state index is 11.5. The van der Waals surface area contributed by atoms with Gasteiger partial charge in [0.2, 0.25) is 0 Å². The van der Waals surface area contributed by atoms with E-state index in [9.17, 15) is 4.79 Å². The lowest BCUT2D eigenvalue weighted by Gasteiger charge is -2.36. The Morgan fingerprint density at radius 2 is 2.08 bits per heavy atom. The van der Waals surface area contributed by atoms with Crippen LogP contribution in [-0.4, -0.2) is 41.2 Å². The lowest BCUT2D eigenvalue weighted by atomic mass is 9.95. The highest BCUT2D eigenvalue weighted by molar-refractivity contribution is 5.89. The van der Waals surface area contributed by atoms with Crippen molar-refractivity contribution in [2.24, 2.45) is 0 Å². The zero-order chi connectivity index (χ0) is 18.2. The molecule has 136 valence electrons. The second-order valence-electron chi connectivity index (χ2n) is 7.83. The lowest BCUT2D eigenvalue weighted by molar-refractivity contribution is 0.125. The normalized spacial score (nSPS) is 19.2. The third-order valence-corrected chi connectivity index (χ3v) is 4.82. The van der Waals surface area contributed by atoms with Crippen LogP contribution < -0.4 is 5.32 Å². The monoisotopic (exact) mass is 344 g/mol. The molecule has 6 nitrogen and oxygen atoms in total. The van der Waals surface area contributed by atoms with Gasteiger partial charge >= 0.3 is 6.09 Å². The Kier molecular flexibility index (Phi) is 4.73. The largest absolute Gasteiger partial charge is 0.453 e.